The van der Waals surface area contributed by atoms with Gasteiger partial charge in [-0.15, -0.1) is 0 Å². The first kappa shape index (κ1) is 20.6. The number of carbonyl (C=O) groups excluding carboxylic acids is 2. The van der Waals surface area contributed by atoms with E-state index in [-0.39, 0.29) is 30.3 Å². The topological polar surface area (TPSA) is 91.0 Å². The molecule has 0 bridgehead atoms. The van der Waals surface area contributed by atoms with Gasteiger partial charge in [0.2, 0.25) is 5.91 Å². The zero-order valence-corrected chi connectivity index (χ0v) is 17.2. The third-order valence-corrected chi connectivity index (χ3v) is 4.91. The van der Waals surface area contributed by atoms with E-state index in [0.29, 0.717) is 17.3 Å². The average Bonchev–Trinajstić information content (AvgIpc) is 3.23. The molecule has 0 fully saturated rings. The Kier molecular flexibility index (Phi) is 6.33. The number of halogens is 1. The highest BCUT2D eigenvalue weighted by Gasteiger charge is 2.21. The third-order valence-electron chi connectivity index (χ3n) is 4.37. The van der Waals surface area contributed by atoms with Crippen LogP contribution in [0.4, 0.5) is 5.82 Å². The van der Waals surface area contributed by atoms with Crippen LogP contribution in [0.5, 0.6) is 0 Å². The number of aromatic nitrogens is 4. The summed E-state index contributed by atoms with van der Waals surface area (Å²) in [5.74, 6) is -0.557. The molecule has 2 aromatic heterocycles. The molecule has 0 aliphatic carbocycles. The molecule has 1 amide bonds. The number of benzene rings is 1. The van der Waals surface area contributed by atoms with Gasteiger partial charge < -0.3 is 10.1 Å². The van der Waals surface area contributed by atoms with E-state index in [2.05, 4.69) is 15.5 Å². The first-order chi connectivity index (χ1) is 13.9. The third kappa shape index (κ3) is 4.48. The van der Waals surface area contributed by atoms with Crippen LogP contribution in [-0.4, -0.2) is 38.0 Å². The van der Waals surface area contributed by atoms with Crippen molar-refractivity contribution in [3.63, 3.8) is 0 Å². The number of amides is 1. The summed E-state index contributed by atoms with van der Waals surface area (Å²) in [5.41, 5.74) is 2.43. The molecule has 0 saturated heterocycles. The van der Waals surface area contributed by atoms with E-state index in [9.17, 15) is 9.59 Å². The van der Waals surface area contributed by atoms with Gasteiger partial charge in [0.1, 0.15) is 5.56 Å². The lowest BCUT2D eigenvalue weighted by Gasteiger charge is -2.11. The van der Waals surface area contributed by atoms with Crippen LogP contribution in [-0.2, 0) is 16.1 Å². The maximum absolute atomic E-state index is 12.6. The molecule has 0 aliphatic heterocycles. The van der Waals surface area contributed by atoms with Crippen LogP contribution < -0.4 is 5.32 Å². The summed E-state index contributed by atoms with van der Waals surface area (Å²) in [6.07, 6.45) is 1.54. The van der Waals surface area contributed by atoms with E-state index in [1.165, 1.54) is 10.9 Å². The molecule has 9 heteroatoms. The van der Waals surface area contributed by atoms with Gasteiger partial charge in [0.05, 0.1) is 41.4 Å². The summed E-state index contributed by atoms with van der Waals surface area (Å²) < 4.78 is 8.28. The van der Waals surface area contributed by atoms with Crippen molar-refractivity contribution in [3.05, 3.63) is 58.5 Å². The molecule has 1 aromatic carbocycles. The zero-order valence-electron chi connectivity index (χ0n) is 16.5. The number of nitrogens with zero attached hydrogens (tertiary/aromatic N) is 4. The monoisotopic (exact) mass is 415 g/mol. The van der Waals surface area contributed by atoms with Crippen LogP contribution in [0.25, 0.3) is 5.69 Å². The second kappa shape index (κ2) is 8.91. The molecule has 0 saturated carbocycles. The second-order valence-electron chi connectivity index (χ2n) is 6.38. The number of aryl methyl sites for hydroxylation is 2. The van der Waals surface area contributed by atoms with E-state index in [1.807, 2.05) is 44.2 Å². The highest BCUT2D eigenvalue weighted by molar-refractivity contribution is 6.31. The van der Waals surface area contributed by atoms with E-state index >= 15 is 0 Å². The number of anilines is 1. The number of rotatable bonds is 7. The first-order valence-electron chi connectivity index (χ1n) is 9.22. The average molecular weight is 416 g/mol. The smallest absolute Gasteiger partial charge is 0.343 e. The molecule has 152 valence electrons. The molecular weight excluding hydrogens is 394 g/mol. The quantitative estimate of drug-likeness (QED) is 0.596. The summed E-state index contributed by atoms with van der Waals surface area (Å²) in [6.45, 7) is 5.97. The van der Waals surface area contributed by atoms with Crippen molar-refractivity contribution in [2.45, 2.75) is 33.7 Å². The molecule has 0 spiro atoms. The van der Waals surface area contributed by atoms with Gasteiger partial charge in [-0.25, -0.2) is 9.48 Å². The lowest BCUT2D eigenvalue weighted by Crippen LogP contribution is -2.20. The Balaban J connectivity index is 1.82. The van der Waals surface area contributed by atoms with Gasteiger partial charge >= 0.3 is 5.97 Å². The van der Waals surface area contributed by atoms with E-state index < -0.39 is 5.97 Å². The zero-order chi connectivity index (χ0) is 21.0. The molecule has 29 heavy (non-hydrogen) atoms. The van der Waals surface area contributed by atoms with E-state index in [4.69, 9.17) is 16.3 Å². The molecule has 0 aliphatic rings. The maximum atomic E-state index is 12.6. The van der Waals surface area contributed by atoms with Crippen LogP contribution in [0.15, 0.2) is 36.5 Å². The van der Waals surface area contributed by atoms with Crippen LogP contribution >= 0.6 is 11.6 Å². The minimum absolute atomic E-state index is 0.153. The van der Waals surface area contributed by atoms with Gasteiger partial charge in [0.25, 0.3) is 0 Å². The van der Waals surface area contributed by atoms with Crippen molar-refractivity contribution in [2.24, 2.45) is 0 Å². The summed E-state index contributed by atoms with van der Waals surface area (Å²) >= 11 is 6.16. The molecular formula is C20H22ClN5O3. The van der Waals surface area contributed by atoms with Gasteiger partial charge in [0, 0.05) is 6.42 Å². The van der Waals surface area contributed by atoms with Crippen molar-refractivity contribution in [3.8, 4) is 5.69 Å². The Morgan fingerprint density at radius 1 is 1.21 bits per heavy atom. The lowest BCUT2D eigenvalue weighted by molar-refractivity contribution is -0.116. The molecule has 1 N–H and O–H groups in total. The summed E-state index contributed by atoms with van der Waals surface area (Å²) in [7, 11) is 0. The van der Waals surface area contributed by atoms with Crippen molar-refractivity contribution < 1.29 is 14.3 Å². The van der Waals surface area contributed by atoms with Crippen LogP contribution in [0.1, 0.15) is 35.1 Å². The van der Waals surface area contributed by atoms with Crippen molar-refractivity contribution in [1.82, 2.24) is 19.6 Å². The van der Waals surface area contributed by atoms with Gasteiger partial charge in [0.15, 0.2) is 5.82 Å². The number of hydrogen-bond donors (Lipinski definition) is 1. The fraction of sp³-hybridized carbons (Fsp3) is 0.300. The minimum Gasteiger partial charge on any atom is -0.462 e. The molecule has 2 heterocycles. The Morgan fingerprint density at radius 2 is 1.93 bits per heavy atom. The number of para-hydroxylation sites is 1. The highest BCUT2D eigenvalue weighted by Crippen LogP contribution is 2.22. The normalized spacial score (nSPS) is 10.8. The van der Waals surface area contributed by atoms with Gasteiger partial charge in [-0.1, -0.05) is 29.8 Å². The summed E-state index contributed by atoms with van der Waals surface area (Å²) in [5, 5.41) is 12.0. The maximum Gasteiger partial charge on any atom is 0.343 e. The van der Waals surface area contributed by atoms with Crippen LogP contribution in [0.2, 0.25) is 5.02 Å². The second-order valence-corrected chi connectivity index (χ2v) is 6.76. The van der Waals surface area contributed by atoms with E-state index in [0.717, 1.165) is 11.4 Å². The molecule has 0 atom stereocenters. The van der Waals surface area contributed by atoms with Gasteiger partial charge in [-0.2, -0.15) is 10.2 Å². The number of esters is 1. The summed E-state index contributed by atoms with van der Waals surface area (Å²) in [4.78, 5) is 24.9. The van der Waals surface area contributed by atoms with Crippen molar-refractivity contribution in [2.75, 3.05) is 11.9 Å². The predicted octanol–water partition coefficient (Wildman–Crippen LogP) is 3.54. The largest absolute Gasteiger partial charge is 0.462 e. The number of carbonyl (C=O) groups is 2. The predicted molar refractivity (Wildman–Crippen MR) is 109 cm³/mol. The molecule has 0 unspecified atom stereocenters. The Bertz CT molecular complexity index is 1030. The summed E-state index contributed by atoms with van der Waals surface area (Å²) in [6, 6.07) is 9.22. The first-order valence-corrected chi connectivity index (χ1v) is 9.60. The van der Waals surface area contributed by atoms with Crippen molar-refractivity contribution in [1.29, 1.82) is 0 Å². The van der Waals surface area contributed by atoms with Crippen LogP contribution in [0.3, 0.4) is 0 Å². The Labute approximate surface area is 173 Å². The molecule has 3 rings (SSSR count). The SMILES string of the molecule is CCOC(=O)c1cnn(-c2ccccc2)c1NC(=O)CCn1nc(C)c(Cl)c1C. The van der Waals surface area contributed by atoms with Gasteiger partial charge in [-0.3, -0.25) is 9.48 Å². The van der Waals surface area contributed by atoms with E-state index in [1.54, 1.807) is 11.6 Å². The highest BCUT2D eigenvalue weighted by atomic mass is 35.5. The lowest BCUT2D eigenvalue weighted by atomic mass is 10.3. The fourth-order valence-electron chi connectivity index (χ4n) is 2.89. The minimum atomic E-state index is -0.546. The van der Waals surface area contributed by atoms with Crippen molar-refractivity contribution >= 4 is 29.3 Å². The number of nitrogens with one attached hydrogen (secondary N) is 1. The standard InChI is InChI=1S/C20H22ClN5O3/c1-4-29-20(28)16-12-22-26(15-8-6-5-7-9-15)19(16)23-17(27)10-11-25-14(3)18(21)13(2)24-25/h5-9,12H,4,10-11H2,1-3H3,(H,23,27). The Morgan fingerprint density at radius 3 is 2.55 bits per heavy atom. The Hall–Kier alpha value is -3.13. The van der Waals surface area contributed by atoms with Crippen LogP contribution in [0, 0.1) is 13.8 Å². The number of hydrogen-bond acceptors (Lipinski definition) is 5. The molecule has 3 aromatic rings. The fourth-order valence-corrected chi connectivity index (χ4v) is 3.02. The molecule has 0 radical (unpaired) electrons. The number of ether oxygens (including phenoxy) is 1. The molecule has 8 nitrogen and oxygen atoms in total. The van der Waals surface area contributed by atoms with Gasteiger partial charge in [-0.05, 0) is 32.9 Å².